The molecule has 4 nitrogen and oxygen atoms in total. The molecule has 0 amide bonds. The van der Waals surface area contributed by atoms with Crippen molar-refractivity contribution in [1.82, 2.24) is 0 Å². The van der Waals surface area contributed by atoms with Gasteiger partial charge in [0.05, 0.1) is 12.5 Å². The van der Waals surface area contributed by atoms with Crippen molar-refractivity contribution in [3.63, 3.8) is 0 Å². The van der Waals surface area contributed by atoms with Crippen LogP contribution in [0.5, 0.6) is 5.75 Å². The third kappa shape index (κ3) is 5.76. The van der Waals surface area contributed by atoms with E-state index in [1.807, 2.05) is 19.1 Å². The molecule has 0 spiro atoms. The van der Waals surface area contributed by atoms with Gasteiger partial charge in [0.15, 0.2) is 0 Å². The Morgan fingerprint density at radius 2 is 1.92 bits per heavy atom. The van der Waals surface area contributed by atoms with E-state index in [-0.39, 0.29) is 12.2 Å². The Balaban J connectivity index is 0.000000194. The van der Waals surface area contributed by atoms with Gasteiger partial charge in [0.2, 0.25) is 0 Å². The highest BCUT2D eigenvalue weighted by molar-refractivity contribution is 6.31. The van der Waals surface area contributed by atoms with Gasteiger partial charge >= 0.3 is 5.97 Å². The SMILES string of the molecule is CCOC(CC(=O)O)c1ccc(O)cc1.Clc1cccc2c1CCC2. The second kappa shape index (κ2) is 9.44. The number of phenols is 1. The maximum atomic E-state index is 10.6. The van der Waals surface area contributed by atoms with E-state index in [4.69, 9.17) is 26.6 Å². The zero-order valence-electron chi connectivity index (χ0n) is 14.2. The van der Waals surface area contributed by atoms with Gasteiger partial charge in [-0.25, -0.2) is 0 Å². The Morgan fingerprint density at radius 3 is 2.52 bits per heavy atom. The molecule has 2 N–H and O–H groups in total. The maximum absolute atomic E-state index is 10.6. The van der Waals surface area contributed by atoms with Crippen LogP contribution >= 0.6 is 11.6 Å². The van der Waals surface area contributed by atoms with Crippen molar-refractivity contribution >= 4 is 17.6 Å². The molecule has 5 heteroatoms. The van der Waals surface area contributed by atoms with E-state index >= 15 is 0 Å². The lowest BCUT2D eigenvalue weighted by Crippen LogP contribution is -2.09. The zero-order chi connectivity index (χ0) is 18.2. The number of aryl methyl sites for hydroxylation is 1. The predicted molar refractivity (Wildman–Crippen MR) is 98.2 cm³/mol. The molecule has 0 fully saturated rings. The van der Waals surface area contributed by atoms with Gasteiger partial charge in [-0.2, -0.15) is 0 Å². The lowest BCUT2D eigenvalue weighted by atomic mass is 10.1. The molecule has 1 atom stereocenters. The Hall–Kier alpha value is -2.04. The van der Waals surface area contributed by atoms with Crippen LogP contribution in [0.3, 0.4) is 0 Å². The molecule has 2 aromatic carbocycles. The van der Waals surface area contributed by atoms with E-state index in [1.165, 1.54) is 42.5 Å². The molecule has 1 unspecified atom stereocenters. The molecule has 134 valence electrons. The van der Waals surface area contributed by atoms with E-state index in [1.54, 1.807) is 12.1 Å². The first-order valence-electron chi connectivity index (χ1n) is 8.39. The quantitative estimate of drug-likeness (QED) is 0.803. The van der Waals surface area contributed by atoms with Gasteiger partial charge in [-0.1, -0.05) is 35.9 Å². The lowest BCUT2D eigenvalue weighted by molar-refractivity contribution is -0.140. The fraction of sp³-hybridized carbons (Fsp3) is 0.350. The molecule has 3 rings (SSSR count). The van der Waals surface area contributed by atoms with Gasteiger partial charge < -0.3 is 14.9 Å². The zero-order valence-corrected chi connectivity index (χ0v) is 15.0. The average Bonchev–Trinajstić information content (AvgIpc) is 3.06. The van der Waals surface area contributed by atoms with Crippen molar-refractivity contribution in [2.75, 3.05) is 6.61 Å². The van der Waals surface area contributed by atoms with Gasteiger partial charge in [-0.05, 0) is 61.1 Å². The highest BCUT2D eigenvalue weighted by Crippen LogP contribution is 2.28. The van der Waals surface area contributed by atoms with Gasteiger partial charge in [-0.15, -0.1) is 0 Å². The van der Waals surface area contributed by atoms with Crippen LogP contribution in [-0.4, -0.2) is 22.8 Å². The van der Waals surface area contributed by atoms with Gasteiger partial charge in [-0.3, -0.25) is 4.79 Å². The van der Waals surface area contributed by atoms with Crippen LogP contribution in [-0.2, 0) is 22.4 Å². The summed E-state index contributed by atoms with van der Waals surface area (Å²) in [5.41, 5.74) is 3.59. The van der Waals surface area contributed by atoms with Crippen molar-refractivity contribution in [2.24, 2.45) is 0 Å². The summed E-state index contributed by atoms with van der Waals surface area (Å²) in [5, 5.41) is 18.7. The Kier molecular flexibility index (Phi) is 7.29. The number of ether oxygens (including phenoxy) is 1. The number of aliphatic carboxylic acids is 1. The number of carboxylic acid groups (broad SMARTS) is 1. The number of rotatable bonds is 5. The van der Waals surface area contributed by atoms with Gasteiger partial charge in [0.1, 0.15) is 5.75 Å². The van der Waals surface area contributed by atoms with Crippen molar-refractivity contribution in [3.05, 3.63) is 64.2 Å². The number of aromatic hydroxyl groups is 1. The molecule has 2 aromatic rings. The summed E-state index contributed by atoms with van der Waals surface area (Å²) in [5.74, 6) is -0.745. The standard InChI is InChI=1S/C11H14O4.C9H9Cl/c1-2-15-10(7-11(13)14)8-3-5-9(12)6-4-8;10-9-6-2-4-7-3-1-5-8(7)9/h3-6,10,12H,2,7H2,1H3,(H,13,14);2,4,6H,1,3,5H2. The molecule has 0 aromatic heterocycles. The summed E-state index contributed by atoms with van der Waals surface area (Å²) < 4.78 is 5.32. The van der Waals surface area contributed by atoms with Crippen LogP contribution in [0.4, 0.5) is 0 Å². The summed E-state index contributed by atoms with van der Waals surface area (Å²) in [6.45, 7) is 2.27. The van der Waals surface area contributed by atoms with Crippen LogP contribution in [0.2, 0.25) is 5.02 Å². The average molecular weight is 363 g/mol. The number of carbonyl (C=O) groups is 1. The Morgan fingerprint density at radius 1 is 1.20 bits per heavy atom. The molecular formula is C20H23ClO4. The number of phenolic OH excluding ortho intramolecular Hbond substituents is 1. The molecule has 0 radical (unpaired) electrons. The fourth-order valence-electron chi connectivity index (χ4n) is 2.89. The summed E-state index contributed by atoms with van der Waals surface area (Å²) in [6, 6.07) is 12.6. The number of halogens is 1. The lowest BCUT2D eigenvalue weighted by Gasteiger charge is -2.15. The predicted octanol–water partition coefficient (Wildman–Crippen LogP) is 4.77. The van der Waals surface area contributed by atoms with Crippen molar-refractivity contribution in [2.45, 2.75) is 38.7 Å². The fourth-order valence-corrected chi connectivity index (χ4v) is 3.18. The van der Waals surface area contributed by atoms with Crippen LogP contribution in [0.15, 0.2) is 42.5 Å². The van der Waals surface area contributed by atoms with Crippen LogP contribution < -0.4 is 0 Å². The summed E-state index contributed by atoms with van der Waals surface area (Å²) >= 11 is 5.97. The summed E-state index contributed by atoms with van der Waals surface area (Å²) in [4.78, 5) is 10.6. The van der Waals surface area contributed by atoms with E-state index in [2.05, 4.69) is 6.07 Å². The van der Waals surface area contributed by atoms with Crippen molar-refractivity contribution < 1.29 is 19.7 Å². The molecule has 25 heavy (non-hydrogen) atoms. The van der Waals surface area contributed by atoms with E-state index in [0.29, 0.717) is 6.61 Å². The van der Waals surface area contributed by atoms with Crippen LogP contribution in [0, 0.1) is 0 Å². The third-order valence-corrected chi connectivity index (χ3v) is 4.44. The second-order valence-corrected chi connectivity index (χ2v) is 6.27. The van der Waals surface area contributed by atoms with E-state index in [9.17, 15) is 4.79 Å². The molecule has 0 heterocycles. The highest BCUT2D eigenvalue weighted by Gasteiger charge is 2.15. The van der Waals surface area contributed by atoms with Crippen LogP contribution in [0.25, 0.3) is 0 Å². The molecule has 1 aliphatic rings. The van der Waals surface area contributed by atoms with E-state index in [0.717, 1.165) is 10.6 Å². The highest BCUT2D eigenvalue weighted by atomic mass is 35.5. The molecular weight excluding hydrogens is 340 g/mol. The first kappa shape index (κ1) is 19.3. The molecule has 0 bridgehead atoms. The third-order valence-electron chi connectivity index (χ3n) is 4.08. The Bertz CT molecular complexity index is 697. The van der Waals surface area contributed by atoms with Crippen LogP contribution in [0.1, 0.15) is 42.6 Å². The minimum Gasteiger partial charge on any atom is -0.508 e. The second-order valence-electron chi connectivity index (χ2n) is 5.86. The maximum Gasteiger partial charge on any atom is 0.306 e. The minimum atomic E-state index is -0.901. The first-order valence-corrected chi connectivity index (χ1v) is 8.77. The number of benzene rings is 2. The topological polar surface area (TPSA) is 66.8 Å². The van der Waals surface area contributed by atoms with Gasteiger partial charge in [0.25, 0.3) is 0 Å². The number of fused-ring (bicyclic) bond motifs is 1. The largest absolute Gasteiger partial charge is 0.508 e. The van der Waals surface area contributed by atoms with Crippen molar-refractivity contribution in [3.8, 4) is 5.75 Å². The molecule has 0 saturated heterocycles. The number of hydrogen-bond acceptors (Lipinski definition) is 3. The monoisotopic (exact) mass is 362 g/mol. The molecule has 0 saturated carbocycles. The van der Waals surface area contributed by atoms with E-state index < -0.39 is 12.1 Å². The first-order chi connectivity index (χ1) is 12.0. The summed E-state index contributed by atoms with van der Waals surface area (Å²) in [7, 11) is 0. The Labute approximate surface area is 153 Å². The molecule has 0 aliphatic heterocycles. The number of hydrogen-bond donors (Lipinski definition) is 2. The number of carboxylic acids is 1. The smallest absolute Gasteiger partial charge is 0.306 e. The summed E-state index contributed by atoms with van der Waals surface area (Å²) in [6.07, 6.45) is 3.15. The normalized spacial score (nSPS) is 13.5. The minimum absolute atomic E-state index is 0.0708. The van der Waals surface area contributed by atoms with Gasteiger partial charge in [0, 0.05) is 11.6 Å². The molecule has 1 aliphatic carbocycles. The van der Waals surface area contributed by atoms with Crippen molar-refractivity contribution in [1.29, 1.82) is 0 Å².